The molecule has 7 heteroatoms. The van der Waals surface area contributed by atoms with E-state index >= 15 is 0 Å². The molecule has 1 atom stereocenters. The lowest BCUT2D eigenvalue weighted by molar-refractivity contribution is -0.155. The molecule has 0 saturated carbocycles. The molecular weight excluding hydrogens is 262 g/mol. The van der Waals surface area contributed by atoms with Crippen LogP contribution in [0.4, 0.5) is 0 Å². The highest BCUT2D eigenvalue weighted by Gasteiger charge is 2.30. The smallest absolute Gasteiger partial charge is 0.337 e. The van der Waals surface area contributed by atoms with E-state index in [1.54, 1.807) is 5.38 Å². The molecule has 0 radical (unpaired) electrons. The van der Waals surface area contributed by atoms with E-state index in [0.717, 1.165) is 11.8 Å². The van der Waals surface area contributed by atoms with Crippen LogP contribution < -0.4 is 5.32 Å². The van der Waals surface area contributed by atoms with Crippen LogP contribution in [-0.4, -0.2) is 40.5 Å². The van der Waals surface area contributed by atoms with Gasteiger partial charge in [-0.25, -0.2) is 4.79 Å². The molecule has 3 N–H and O–H groups in total. The zero-order valence-electron chi connectivity index (χ0n) is 9.39. The Hall–Kier alpha value is -1.05. The molecule has 0 spiro atoms. The summed E-state index contributed by atoms with van der Waals surface area (Å²) in [5.74, 6) is -1.74. The number of hydrogen-bond acceptors (Lipinski definition) is 5. The number of aliphatic hydroxyl groups is 1. The lowest BCUT2D eigenvalue weighted by Crippen LogP contribution is -2.46. The van der Waals surface area contributed by atoms with Gasteiger partial charge in [0.25, 0.3) is 5.91 Å². The number of carbonyl (C=O) groups excluding carboxylic acids is 1. The number of thioether (sulfide) groups is 1. The Bertz CT molecular complexity index is 428. The monoisotopic (exact) mass is 275 g/mol. The minimum atomic E-state index is -1.95. The fourth-order valence-electron chi connectivity index (χ4n) is 1.03. The maximum absolute atomic E-state index is 11.7. The summed E-state index contributed by atoms with van der Waals surface area (Å²) >= 11 is 2.72. The first-order valence-electron chi connectivity index (χ1n) is 4.74. The summed E-state index contributed by atoms with van der Waals surface area (Å²) in [7, 11) is 0. The van der Waals surface area contributed by atoms with Gasteiger partial charge in [-0.15, -0.1) is 23.1 Å². The molecule has 0 aliphatic carbocycles. The van der Waals surface area contributed by atoms with Crippen LogP contribution in [0.1, 0.15) is 16.6 Å². The molecule has 1 amide bonds. The van der Waals surface area contributed by atoms with Gasteiger partial charge in [-0.2, -0.15) is 0 Å². The summed E-state index contributed by atoms with van der Waals surface area (Å²) in [5, 5.41) is 22.3. The number of carboxylic acid groups (broad SMARTS) is 1. The van der Waals surface area contributed by atoms with Crippen molar-refractivity contribution in [3.8, 4) is 0 Å². The van der Waals surface area contributed by atoms with Gasteiger partial charge in [0.1, 0.15) is 4.88 Å². The second-order valence-electron chi connectivity index (χ2n) is 3.58. The van der Waals surface area contributed by atoms with Gasteiger partial charge in [0.05, 0.1) is 6.54 Å². The molecule has 0 bridgehead atoms. The molecule has 0 aromatic carbocycles. The van der Waals surface area contributed by atoms with Gasteiger partial charge in [-0.1, -0.05) is 0 Å². The van der Waals surface area contributed by atoms with Crippen molar-refractivity contribution in [3.05, 3.63) is 16.3 Å². The fourth-order valence-corrected chi connectivity index (χ4v) is 2.70. The maximum Gasteiger partial charge on any atom is 0.337 e. The van der Waals surface area contributed by atoms with Crippen LogP contribution in [0.25, 0.3) is 0 Å². The second-order valence-corrected chi connectivity index (χ2v) is 5.34. The lowest BCUT2D eigenvalue weighted by Gasteiger charge is -2.18. The molecule has 0 aliphatic rings. The Balaban J connectivity index is 2.65. The van der Waals surface area contributed by atoms with E-state index in [9.17, 15) is 14.7 Å². The topological polar surface area (TPSA) is 86.6 Å². The van der Waals surface area contributed by atoms with Crippen molar-refractivity contribution in [2.24, 2.45) is 0 Å². The van der Waals surface area contributed by atoms with Crippen LogP contribution in [0.15, 0.2) is 16.3 Å². The van der Waals surface area contributed by atoms with E-state index in [-0.39, 0.29) is 12.5 Å². The van der Waals surface area contributed by atoms with Crippen molar-refractivity contribution in [2.75, 3.05) is 12.8 Å². The highest BCUT2D eigenvalue weighted by Crippen LogP contribution is 2.25. The minimum absolute atomic E-state index is 0.327. The molecule has 0 saturated heterocycles. The summed E-state index contributed by atoms with van der Waals surface area (Å²) in [6.07, 6.45) is 1.85. The van der Waals surface area contributed by atoms with Gasteiger partial charge in [-0.3, -0.25) is 4.79 Å². The predicted molar refractivity (Wildman–Crippen MR) is 66.7 cm³/mol. The number of aliphatic carboxylic acids is 1. The number of thiophene rings is 1. The van der Waals surface area contributed by atoms with Crippen molar-refractivity contribution in [3.63, 3.8) is 0 Å². The second kappa shape index (κ2) is 5.52. The SMILES string of the molecule is CSc1ccsc1C(=O)NCC(C)(O)C(=O)O. The first-order valence-corrected chi connectivity index (χ1v) is 6.84. The first-order chi connectivity index (χ1) is 7.88. The third-order valence-electron chi connectivity index (χ3n) is 2.11. The van der Waals surface area contributed by atoms with Crippen molar-refractivity contribution < 1.29 is 19.8 Å². The molecule has 1 unspecified atom stereocenters. The van der Waals surface area contributed by atoms with E-state index in [4.69, 9.17) is 5.11 Å². The molecular formula is C10H13NO4S2. The maximum atomic E-state index is 11.7. The van der Waals surface area contributed by atoms with E-state index in [1.807, 2.05) is 12.3 Å². The average Bonchev–Trinajstić information content (AvgIpc) is 2.73. The Labute approximate surface area is 107 Å². The van der Waals surface area contributed by atoms with E-state index in [2.05, 4.69) is 5.32 Å². The standard InChI is InChI=1S/C10H13NO4S2/c1-10(15,9(13)14)5-11-8(12)7-6(16-2)3-4-17-7/h3-4,15H,5H2,1-2H3,(H,11,12)(H,13,14). The summed E-state index contributed by atoms with van der Waals surface area (Å²) in [6, 6.07) is 1.82. The van der Waals surface area contributed by atoms with Gasteiger partial charge in [0, 0.05) is 4.90 Å². The van der Waals surface area contributed by atoms with Crippen LogP contribution in [0, 0.1) is 0 Å². The van der Waals surface area contributed by atoms with Gasteiger partial charge in [0.15, 0.2) is 5.60 Å². The van der Waals surface area contributed by atoms with Crippen molar-refractivity contribution in [1.29, 1.82) is 0 Å². The molecule has 1 aromatic rings. The number of rotatable bonds is 5. The molecule has 0 aliphatic heterocycles. The normalized spacial score (nSPS) is 14.1. The van der Waals surface area contributed by atoms with Gasteiger partial charge >= 0.3 is 5.97 Å². The quantitative estimate of drug-likeness (QED) is 0.699. The molecule has 1 aromatic heterocycles. The number of carbonyl (C=O) groups is 2. The highest BCUT2D eigenvalue weighted by atomic mass is 32.2. The molecule has 1 rings (SSSR count). The largest absolute Gasteiger partial charge is 0.479 e. The van der Waals surface area contributed by atoms with Crippen molar-refractivity contribution in [1.82, 2.24) is 5.32 Å². The van der Waals surface area contributed by atoms with Crippen molar-refractivity contribution >= 4 is 35.0 Å². The highest BCUT2D eigenvalue weighted by molar-refractivity contribution is 7.98. The minimum Gasteiger partial charge on any atom is -0.479 e. The zero-order chi connectivity index (χ0) is 13.1. The molecule has 94 valence electrons. The Kier molecular flexibility index (Phi) is 4.55. The summed E-state index contributed by atoms with van der Waals surface area (Å²) in [4.78, 5) is 23.7. The van der Waals surface area contributed by atoms with Crippen LogP contribution >= 0.6 is 23.1 Å². The summed E-state index contributed by atoms with van der Waals surface area (Å²) < 4.78 is 0. The van der Waals surface area contributed by atoms with Crippen LogP contribution in [0.3, 0.4) is 0 Å². The van der Waals surface area contributed by atoms with Gasteiger partial charge < -0.3 is 15.5 Å². The molecule has 0 fully saturated rings. The Morgan fingerprint density at radius 2 is 2.24 bits per heavy atom. The van der Waals surface area contributed by atoms with Gasteiger partial charge in [0.2, 0.25) is 0 Å². The summed E-state index contributed by atoms with van der Waals surface area (Å²) in [6.45, 7) is 0.812. The van der Waals surface area contributed by atoms with Crippen molar-refractivity contribution in [2.45, 2.75) is 17.4 Å². The number of nitrogens with one attached hydrogen (secondary N) is 1. The number of carboxylic acids is 1. The van der Waals surface area contributed by atoms with E-state index in [0.29, 0.717) is 4.88 Å². The number of hydrogen-bond donors (Lipinski definition) is 3. The van der Waals surface area contributed by atoms with Crippen LogP contribution in [0.5, 0.6) is 0 Å². The molecule has 1 heterocycles. The predicted octanol–water partition coefficient (Wildman–Crippen LogP) is 1.04. The third-order valence-corrected chi connectivity index (χ3v) is 3.93. The molecule has 5 nitrogen and oxygen atoms in total. The van der Waals surface area contributed by atoms with E-state index < -0.39 is 11.6 Å². The Morgan fingerprint density at radius 3 is 2.76 bits per heavy atom. The first kappa shape index (κ1) is 14.0. The Morgan fingerprint density at radius 1 is 1.59 bits per heavy atom. The number of amides is 1. The van der Waals surface area contributed by atoms with Crippen LogP contribution in [0.2, 0.25) is 0 Å². The zero-order valence-corrected chi connectivity index (χ0v) is 11.0. The fraction of sp³-hybridized carbons (Fsp3) is 0.400. The third kappa shape index (κ3) is 3.45. The lowest BCUT2D eigenvalue weighted by atomic mass is 10.1. The average molecular weight is 275 g/mol. The van der Waals surface area contributed by atoms with Crippen LogP contribution in [-0.2, 0) is 4.79 Å². The summed E-state index contributed by atoms with van der Waals surface area (Å²) in [5.41, 5.74) is -1.95. The van der Waals surface area contributed by atoms with Gasteiger partial charge in [-0.05, 0) is 24.6 Å². The molecule has 17 heavy (non-hydrogen) atoms. The van der Waals surface area contributed by atoms with E-state index in [1.165, 1.54) is 23.1 Å².